The van der Waals surface area contributed by atoms with Gasteiger partial charge in [-0.1, -0.05) is 33.1 Å². The molecule has 1 heterocycles. The van der Waals surface area contributed by atoms with Crippen molar-refractivity contribution < 1.29 is 9.84 Å². The van der Waals surface area contributed by atoms with Crippen LogP contribution in [0.3, 0.4) is 0 Å². The minimum atomic E-state index is 0.0810. The molecule has 0 unspecified atom stereocenters. The standard InChI is InChI=1S/C19H32N2O2/c1-13(2)17-16(11-8-12-22)18(15-9-6-5-7-10-15)21-19(20-17)23-14(3)4/h13-15,22H,5-12H2,1-4H3. The molecule has 1 aromatic heterocycles. The number of rotatable bonds is 7. The van der Waals surface area contributed by atoms with Crippen LogP contribution in [0.2, 0.25) is 0 Å². The van der Waals surface area contributed by atoms with Gasteiger partial charge in [-0.15, -0.1) is 0 Å². The zero-order valence-corrected chi connectivity index (χ0v) is 15.1. The maximum atomic E-state index is 9.27. The maximum Gasteiger partial charge on any atom is 0.317 e. The minimum absolute atomic E-state index is 0.0810. The highest BCUT2D eigenvalue weighted by molar-refractivity contribution is 5.32. The van der Waals surface area contributed by atoms with Crippen LogP contribution in [0.5, 0.6) is 6.01 Å². The highest BCUT2D eigenvalue weighted by Crippen LogP contribution is 2.36. The summed E-state index contributed by atoms with van der Waals surface area (Å²) in [6.45, 7) is 8.59. The van der Waals surface area contributed by atoms with Crippen molar-refractivity contribution in [3.63, 3.8) is 0 Å². The third kappa shape index (κ3) is 4.90. The molecule has 1 aliphatic carbocycles. The molecule has 0 amide bonds. The fourth-order valence-electron chi connectivity index (χ4n) is 3.46. The molecule has 0 spiro atoms. The molecule has 2 rings (SSSR count). The molecule has 1 fully saturated rings. The first-order valence-corrected chi connectivity index (χ1v) is 9.21. The third-order valence-electron chi connectivity index (χ3n) is 4.52. The van der Waals surface area contributed by atoms with Crippen molar-refractivity contribution in [1.82, 2.24) is 9.97 Å². The Hall–Kier alpha value is -1.16. The fourth-order valence-corrected chi connectivity index (χ4v) is 3.46. The normalized spacial score (nSPS) is 16.3. The predicted molar refractivity (Wildman–Crippen MR) is 93.1 cm³/mol. The lowest BCUT2D eigenvalue weighted by Crippen LogP contribution is -2.17. The van der Waals surface area contributed by atoms with Crippen molar-refractivity contribution in [3.05, 3.63) is 17.0 Å². The molecule has 0 saturated heterocycles. The van der Waals surface area contributed by atoms with Gasteiger partial charge < -0.3 is 9.84 Å². The van der Waals surface area contributed by atoms with E-state index in [0.717, 1.165) is 18.5 Å². The summed E-state index contributed by atoms with van der Waals surface area (Å²) in [5.41, 5.74) is 3.55. The van der Waals surface area contributed by atoms with Crippen molar-refractivity contribution >= 4 is 0 Å². The van der Waals surface area contributed by atoms with Gasteiger partial charge in [0.05, 0.1) is 17.5 Å². The molecule has 1 aromatic rings. The first kappa shape index (κ1) is 18.2. The molecule has 0 radical (unpaired) electrons. The Labute approximate surface area is 140 Å². The van der Waals surface area contributed by atoms with Gasteiger partial charge in [-0.2, -0.15) is 9.97 Å². The largest absolute Gasteiger partial charge is 0.461 e. The zero-order valence-electron chi connectivity index (χ0n) is 15.1. The highest BCUT2D eigenvalue weighted by Gasteiger charge is 2.25. The Balaban J connectivity index is 2.45. The molecule has 23 heavy (non-hydrogen) atoms. The fraction of sp³-hybridized carbons (Fsp3) is 0.789. The van der Waals surface area contributed by atoms with E-state index in [4.69, 9.17) is 14.7 Å². The average Bonchev–Trinajstić information content (AvgIpc) is 2.53. The minimum Gasteiger partial charge on any atom is -0.461 e. The molecular formula is C19H32N2O2. The molecule has 0 aromatic carbocycles. The Morgan fingerprint density at radius 2 is 1.78 bits per heavy atom. The van der Waals surface area contributed by atoms with Crippen LogP contribution in [0.25, 0.3) is 0 Å². The smallest absolute Gasteiger partial charge is 0.317 e. The van der Waals surface area contributed by atoms with Crippen LogP contribution in [-0.4, -0.2) is 27.8 Å². The lowest BCUT2D eigenvalue weighted by atomic mass is 9.83. The van der Waals surface area contributed by atoms with E-state index in [1.807, 2.05) is 13.8 Å². The molecule has 0 aliphatic heterocycles. The Morgan fingerprint density at radius 1 is 1.09 bits per heavy atom. The van der Waals surface area contributed by atoms with E-state index in [-0.39, 0.29) is 12.7 Å². The van der Waals surface area contributed by atoms with Crippen LogP contribution < -0.4 is 4.74 Å². The SMILES string of the molecule is CC(C)Oc1nc(C(C)C)c(CCCO)c(C2CCCCC2)n1. The van der Waals surface area contributed by atoms with Gasteiger partial charge in [-0.3, -0.25) is 0 Å². The summed E-state index contributed by atoms with van der Waals surface area (Å²) < 4.78 is 5.82. The summed E-state index contributed by atoms with van der Waals surface area (Å²) in [7, 11) is 0. The van der Waals surface area contributed by atoms with Crippen molar-refractivity contribution in [3.8, 4) is 6.01 Å². The van der Waals surface area contributed by atoms with Crippen LogP contribution in [0.15, 0.2) is 0 Å². The van der Waals surface area contributed by atoms with E-state index >= 15 is 0 Å². The summed E-state index contributed by atoms with van der Waals surface area (Å²) in [5.74, 6) is 0.857. The number of aliphatic hydroxyl groups excluding tert-OH is 1. The molecule has 1 aliphatic rings. The lowest BCUT2D eigenvalue weighted by Gasteiger charge is -2.26. The van der Waals surface area contributed by atoms with Crippen LogP contribution in [0.4, 0.5) is 0 Å². The topological polar surface area (TPSA) is 55.2 Å². The third-order valence-corrected chi connectivity index (χ3v) is 4.52. The van der Waals surface area contributed by atoms with Gasteiger partial charge in [0.1, 0.15) is 0 Å². The van der Waals surface area contributed by atoms with E-state index in [1.54, 1.807) is 0 Å². The van der Waals surface area contributed by atoms with Gasteiger partial charge in [-0.05, 0) is 51.0 Å². The second-order valence-electron chi connectivity index (χ2n) is 7.24. The van der Waals surface area contributed by atoms with Crippen molar-refractivity contribution in [2.45, 2.75) is 90.6 Å². The number of nitrogens with zero attached hydrogens (tertiary/aromatic N) is 2. The molecular weight excluding hydrogens is 288 g/mol. The highest BCUT2D eigenvalue weighted by atomic mass is 16.5. The van der Waals surface area contributed by atoms with E-state index in [9.17, 15) is 5.11 Å². The van der Waals surface area contributed by atoms with Gasteiger partial charge in [0.25, 0.3) is 0 Å². The summed E-state index contributed by atoms with van der Waals surface area (Å²) >= 11 is 0. The number of ether oxygens (including phenoxy) is 1. The Bertz CT molecular complexity index is 494. The van der Waals surface area contributed by atoms with Gasteiger partial charge >= 0.3 is 6.01 Å². The molecule has 1 N–H and O–H groups in total. The summed E-state index contributed by atoms with van der Waals surface area (Å²) in [4.78, 5) is 9.52. The van der Waals surface area contributed by atoms with Crippen molar-refractivity contribution in [1.29, 1.82) is 0 Å². The first-order valence-electron chi connectivity index (χ1n) is 9.21. The maximum absolute atomic E-state index is 9.27. The average molecular weight is 320 g/mol. The molecule has 0 atom stereocenters. The van der Waals surface area contributed by atoms with Crippen LogP contribution >= 0.6 is 0 Å². The number of aliphatic hydroxyl groups is 1. The number of hydrogen-bond donors (Lipinski definition) is 1. The Morgan fingerprint density at radius 3 is 2.35 bits per heavy atom. The monoisotopic (exact) mass is 320 g/mol. The summed E-state index contributed by atoms with van der Waals surface area (Å²) in [6, 6.07) is 0.525. The second kappa shape index (κ2) is 8.62. The van der Waals surface area contributed by atoms with E-state index in [1.165, 1.54) is 43.4 Å². The second-order valence-corrected chi connectivity index (χ2v) is 7.24. The van der Waals surface area contributed by atoms with E-state index in [0.29, 0.717) is 17.8 Å². The molecule has 4 heteroatoms. The predicted octanol–water partition coefficient (Wildman–Crippen LogP) is 4.36. The van der Waals surface area contributed by atoms with Gasteiger partial charge in [0.2, 0.25) is 0 Å². The summed E-state index contributed by atoms with van der Waals surface area (Å²) in [5, 5.41) is 9.27. The molecule has 1 saturated carbocycles. The molecule has 130 valence electrons. The molecule has 0 bridgehead atoms. The Kier molecular flexibility index (Phi) is 6.82. The zero-order chi connectivity index (χ0) is 16.8. The lowest BCUT2D eigenvalue weighted by molar-refractivity contribution is 0.219. The van der Waals surface area contributed by atoms with Gasteiger partial charge in [0, 0.05) is 12.5 Å². The number of aromatic nitrogens is 2. The van der Waals surface area contributed by atoms with Gasteiger partial charge in [-0.25, -0.2) is 0 Å². The van der Waals surface area contributed by atoms with Crippen molar-refractivity contribution in [2.75, 3.05) is 6.61 Å². The van der Waals surface area contributed by atoms with Crippen LogP contribution in [-0.2, 0) is 6.42 Å². The van der Waals surface area contributed by atoms with Crippen LogP contribution in [0.1, 0.15) is 95.0 Å². The van der Waals surface area contributed by atoms with Crippen LogP contribution in [0, 0.1) is 0 Å². The summed E-state index contributed by atoms with van der Waals surface area (Å²) in [6.07, 6.45) is 8.03. The molecule has 4 nitrogen and oxygen atoms in total. The van der Waals surface area contributed by atoms with E-state index < -0.39 is 0 Å². The quantitative estimate of drug-likeness (QED) is 0.811. The number of hydrogen-bond acceptors (Lipinski definition) is 4. The van der Waals surface area contributed by atoms with Crippen molar-refractivity contribution in [2.24, 2.45) is 0 Å². The first-order chi connectivity index (χ1) is 11.0. The van der Waals surface area contributed by atoms with Gasteiger partial charge in [0.15, 0.2) is 0 Å². The van der Waals surface area contributed by atoms with E-state index in [2.05, 4.69) is 13.8 Å².